The van der Waals surface area contributed by atoms with Crippen molar-refractivity contribution in [3.8, 4) is 5.75 Å². The molecule has 1 amide bonds. The lowest BCUT2D eigenvalue weighted by molar-refractivity contribution is 0.0983. The van der Waals surface area contributed by atoms with Gasteiger partial charge in [-0.05, 0) is 68.4 Å². The van der Waals surface area contributed by atoms with Crippen LogP contribution in [0.15, 0.2) is 47.4 Å². The SMILES string of the molecule is CCCCN(CCCC)S(=O)(=O)c1ccc(C(=O)N(CCN(CC)CC)c2nc3ccc(OC)cc3s2)cc1.Cl. The van der Waals surface area contributed by atoms with Crippen molar-refractivity contribution >= 4 is 55.0 Å². The number of sulfonamides is 1. The number of rotatable bonds is 16. The van der Waals surface area contributed by atoms with Crippen LogP contribution in [0, 0.1) is 0 Å². The first kappa shape index (κ1) is 34.0. The molecule has 0 atom stereocenters. The Morgan fingerprint density at radius 1 is 0.900 bits per heavy atom. The van der Waals surface area contributed by atoms with Gasteiger partial charge in [-0.25, -0.2) is 13.4 Å². The lowest BCUT2D eigenvalue weighted by Crippen LogP contribution is -2.39. The Balaban J connectivity index is 0.00000560. The van der Waals surface area contributed by atoms with E-state index in [1.165, 1.54) is 11.3 Å². The second kappa shape index (κ2) is 16.3. The number of thiazole rings is 1. The number of ether oxygens (including phenoxy) is 1. The van der Waals surface area contributed by atoms with Crippen LogP contribution in [0.1, 0.15) is 63.7 Å². The smallest absolute Gasteiger partial charge is 0.260 e. The standard InChI is InChI=1S/C29H42N4O4S2.ClH/c1-6-10-18-32(19-11-7-2)39(35,36)25-15-12-23(13-16-25)28(34)33(21-20-31(8-3)9-4)29-30-26-17-14-24(37-5)22-27(26)38-29;/h12-17,22H,6-11,18-21H2,1-5H3;1H. The van der Waals surface area contributed by atoms with Gasteiger partial charge in [0.1, 0.15) is 5.75 Å². The highest BCUT2D eigenvalue weighted by molar-refractivity contribution is 7.89. The summed E-state index contributed by atoms with van der Waals surface area (Å²) < 4.78 is 34.6. The number of amides is 1. The van der Waals surface area contributed by atoms with E-state index in [2.05, 4.69) is 32.6 Å². The van der Waals surface area contributed by atoms with Crippen LogP contribution in [0.25, 0.3) is 10.2 Å². The number of methoxy groups -OCH3 is 1. The first-order chi connectivity index (χ1) is 18.8. The maximum Gasteiger partial charge on any atom is 0.260 e. The van der Waals surface area contributed by atoms with E-state index >= 15 is 0 Å². The van der Waals surface area contributed by atoms with Gasteiger partial charge >= 0.3 is 0 Å². The third kappa shape index (κ3) is 8.39. The summed E-state index contributed by atoms with van der Waals surface area (Å²) in [5.41, 5.74) is 1.23. The Hall–Kier alpha value is -2.24. The molecule has 11 heteroatoms. The van der Waals surface area contributed by atoms with Crippen molar-refractivity contribution in [3.63, 3.8) is 0 Å². The van der Waals surface area contributed by atoms with E-state index < -0.39 is 10.0 Å². The number of fused-ring (bicyclic) bond motifs is 1. The van der Waals surface area contributed by atoms with Gasteiger partial charge in [-0.15, -0.1) is 12.4 Å². The molecule has 3 aromatic rings. The van der Waals surface area contributed by atoms with Crippen LogP contribution in [0.3, 0.4) is 0 Å². The molecule has 0 radical (unpaired) electrons. The Bertz CT molecular complexity index is 1300. The first-order valence-corrected chi connectivity index (χ1v) is 16.1. The number of carbonyl (C=O) groups is 1. The number of carbonyl (C=O) groups excluding carboxylic acids is 1. The molecule has 0 fully saturated rings. The van der Waals surface area contributed by atoms with Gasteiger partial charge < -0.3 is 9.64 Å². The van der Waals surface area contributed by atoms with E-state index in [0.717, 1.165) is 54.7 Å². The molecule has 0 N–H and O–H groups in total. The van der Waals surface area contributed by atoms with Crippen molar-refractivity contribution in [2.75, 3.05) is 51.3 Å². The minimum atomic E-state index is -3.63. The van der Waals surface area contributed by atoms with Crippen molar-refractivity contribution in [2.24, 2.45) is 0 Å². The molecule has 40 heavy (non-hydrogen) atoms. The van der Waals surface area contributed by atoms with Crippen LogP contribution in [-0.2, 0) is 10.0 Å². The maximum atomic E-state index is 13.8. The third-order valence-corrected chi connectivity index (χ3v) is 9.81. The maximum absolute atomic E-state index is 13.8. The number of unbranched alkanes of at least 4 members (excludes halogenated alkanes) is 2. The molecule has 0 saturated heterocycles. The van der Waals surface area contributed by atoms with E-state index in [0.29, 0.717) is 36.9 Å². The summed E-state index contributed by atoms with van der Waals surface area (Å²) in [5, 5.41) is 0.609. The molecular weight excluding hydrogens is 568 g/mol. The van der Waals surface area contributed by atoms with Crippen LogP contribution in [-0.4, -0.2) is 74.9 Å². The zero-order valence-corrected chi connectivity index (χ0v) is 26.7. The highest BCUT2D eigenvalue weighted by Gasteiger charge is 2.26. The highest BCUT2D eigenvalue weighted by atomic mass is 35.5. The molecular formula is C29H43ClN4O4S2. The van der Waals surface area contributed by atoms with Crippen molar-refractivity contribution in [3.05, 3.63) is 48.0 Å². The summed E-state index contributed by atoms with van der Waals surface area (Å²) in [4.78, 5) is 22.7. The predicted octanol–water partition coefficient (Wildman–Crippen LogP) is 6.31. The van der Waals surface area contributed by atoms with Gasteiger partial charge in [0.25, 0.3) is 5.91 Å². The lowest BCUT2D eigenvalue weighted by Gasteiger charge is -2.25. The molecule has 0 unspecified atom stereocenters. The third-order valence-electron chi connectivity index (χ3n) is 6.86. The largest absolute Gasteiger partial charge is 0.497 e. The Morgan fingerprint density at radius 3 is 2.08 bits per heavy atom. The summed E-state index contributed by atoms with van der Waals surface area (Å²) >= 11 is 1.44. The predicted molar refractivity (Wildman–Crippen MR) is 168 cm³/mol. The summed E-state index contributed by atoms with van der Waals surface area (Å²) in [5.74, 6) is 0.536. The van der Waals surface area contributed by atoms with Crippen molar-refractivity contribution in [1.29, 1.82) is 0 Å². The van der Waals surface area contributed by atoms with E-state index in [9.17, 15) is 13.2 Å². The van der Waals surface area contributed by atoms with Crippen LogP contribution >= 0.6 is 23.7 Å². The Kier molecular flexibility index (Phi) is 13.8. The second-order valence-electron chi connectivity index (χ2n) is 9.45. The van der Waals surface area contributed by atoms with Gasteiger partial charge in [0.15, 0.2) is 5.13 Å². The zero-order valence-electron chi connectivity index (χ0n) is 24.3. The van der Waals surface area contributed by atoms with Crippen LogP contribution in [0.4, 0.5) is 5.13 Å². The topological polar surface area (TPSA) is 83.1 Å². The van der Waals surface area contributed by atoms with E-state index in [-0.39, 0.29) is 23.2 Å². The number of aromatic nitrogens is 1. The summed E-state index contributed by atoms with van der Waals surface area (Å²) in [6.45, 7) is 12.3. The minimum Gasteiger partial charge on any atom is -0.497 e. The zero-order chi connectivity index (χ0) is 28.4. The summed E-state index contributed by atoms with van der Waals surface area (Å²) in [6.07, 6.45) is 3.48. The number of hydrogen-bond acceptors (Lipinski definition) is 7. The molecule has 0 saturated carbocycles. The molecule has 0 spiro atoms. The quantitative estimate of drug-likeness (QED) is 0.189. The van der Waals surface area contributed by atoms with E-state index in [1.54, 1.807) is 40.6 Å². The lowest BCUT2D eigenvalue weighted by atomic mass is 10.2. The average molecular weight is 611 g/mol. The fraction of sp³-hybridized carbons (Fsp3) is 0.517. The van der Waals surface area contributed by atoms with Crippen LogP contribution in [0.5, 0.6) is 5.75 Å². The number of hydrogen-bond donors (Lipinski definition) is 0. The highest BCUT2D eigenvalue weighted by Crippen LogP contribution is 2.32. The average Bonchev–Trinajstić information content (AvgIpc) is 3.38. The van der Waals surface area contributed by atoms with Crippen molar-refractivity contribution in [2.45, 2.75) is 58.3 Å². The molecule has 2 aromatic carbocycles. The van der Waals surface area contributed by atoms with Crippen molar-refractivity contribution < 1.29 is 17.9 Å². The van der Waals surface area contributed by atoms with Gasteiger partial charge in [0.05, 0.1) is 22.2 Å². The summed E-state index contributed by atoms with van der Waals surface area (Å²) in [7, 11) is -2.01. The van der Waals surface area contributed by atoms with Gasteiger partial charge in [-0.1, -0.05) is 51.9 Å². The van der Waals surface area contributed by atoms with Crippen LogP contribution in [0.2, 0.25) is 0 Å². The number of benzene rings is 2. The van der Waals surface area contributed by atoms with Gasteiger partial charge in [-0.3, -0.25) is 9.69 Å². The molecule has 0 bridgehead atoms. The molecule has 222 valence electrons. The number of likely N-dealkylation sites (N-methyl/N-ethyl adjacent to an activating group) is 1. The molecule has 0 aliphatic carbocycles. The summed E-state index contributed by atoms with van der Waals surface area (Å²) in [6, 6.07) is 12.0. The fourth-order valence-corrected chi connectivity index (χ4v) is 6.83. The van der Waals surface area contributed by atoms with E-state index in [4.69, 9.17) is 9.72 Å². The molecule has 3 rings (SSSR count). The minimum absolute atomic E-state index is 0. The number of nitrogens with zero attached hydrogens (tertiary/aromatic N) is 4. The normalized spacial score (nSPS) is 11.7. The molecule has 0 aliphatic rings. The molecule has 0 aliphatic heterocycles. The molecule has 1 heterocycles. The van der Waals surface area contributed by atoms with Gasteiger partial charge in [-0.2, -0.15) is 4.31 Å². The van der Waals surface area contributed by atoms with Gasteiger partial charge in [0.2, 0.25) is 10.0 Å². The van der Waals surface area contributed by atoms with Crippen LogP contribution < -0.4 is 9.64 Å². The monoisotopic (exact) mass is 610 g/mol. The van der Waals surface area contributed by atoms with Gasteiger partial charge in [0, 0.05) is 31.7 Å². The number of anilines is 1. The van der Waals surface area contributed by atoms with E-state index in [1.807, 2.05) is 18.2 Å². The Morgan fingerprint density at radius 2 is 1.52 bits per heavy atom. The Labute approximate surface area is 249 Å². The molecule has 1 aromatic heterocycles. The second-order valence-corrected chi connectivity index (χ2v) is 12.4. The number of halogens is 1. The molecule has 8 nitrogen and oxygen atoms in total. The fourth-order valence-electron chi connectivity index (χ4n) is 4.30. The first-order valence-electron chi connectivity index (χ1n) is 13.9. The van der Waals surface area contributed by atoms with Crippen molar-refractivity contribution in [1.82, 2.24) is 14.2 Å².